The number of rotatable bonds is 5. The van der Waals surface area contributed by atoms with E-state index in [-0.39, 0.29) is 11.8 Å². The standard InChI is InChI=1S/C19H20N2O3/c1-13(22)21(16-11-12-16)15-9-7-14(8-10-15)20-19(23)17-5-3-4-6-18(17)24-2/h3-10,16H,11-12H2,1-2H3,(H,20,23). The molecule has 3 rings (SSSR count). The lowest BCUT2D eigenvalue weighted by Gasteiger charge is -2.21. The topological polar surface area (TPSA) is 58.6 Å². The number of nitrogens with one attached hydrogen (secondary N) is 1. The largest absolute Gasteiger partial charge is 0.496 e. The molecule has 0 radical (unpaired) electrons. The van der Waals surface area contributed by atoms with Crippen molar-refractivity contribution in [2.75, 3.05) is 17.3 Å². The number of anilines is 2. The molecule has 1 N–H and O–H groups in total. The maximum atomic E-state index is 12.4. The van der Waals surface area contributed by atoms with Crippen molar-refractivity contribution in [3.63, 3.8) is 0 Å². The van der Waals surface area contributed by atoms with Gasteiger partial charge in [-0.05, 0) is 49.2 Å². The van der Waals surface area contributed by atoms with Crippen molar-refractivity contribution in [2.45, 2.75) is 25.8 Å². The number of methoxy groups -OCH3 is 1. The predicted octanol–water partition coefficient (Wildman–Crippen LogP) is 3.46. The van der Waals surface area contributed by atoms with Gasteiger partial charge in [0.1, 0.15) is 5.75 Å². The number of carbonyl (C=O) groups excluding carboxylic acids is 2. The third kappa shape index (κ3) is 3.40. The van der Waals surface area contributed by atoms with Crippen LogP contribution >= 0.6 is 0 Å². The molecule has 1 saturated carbocycles. The van der Waals surface area contributed by atoms with Crippen molar-refractivity contribution in [1.29, 1.82) is 0 Å². The Morgan fingerprint density at radius 1 is 1.08 bits per heavy atom. The number of hydrogen-bond donors (Lipinski definition) is 1. The molecule has 2 aromatic rings. The molecule has 2 aromatic carbocycles. The van der Waals surface area contributed by atoms with Gasteiger partial charge in [-0.25, -0.2) is 0 Å². The summed E-state index contributed by atoms with van der Waals surface area (Å²) in [5.41, 5.74) is 2.02. The van der Waals surface area contributed by atoms with Crippen LogP contribution in [0, 0.1) is 0 Å². The second kappa shape index (κ2) is 6.74. The van der Waals surface area contributed by atoms with E-state index < -0.39 is 0 Å². The van der Waals surface area contributed by atoms with Crippen molar-refractivity contribution in [3.8, 4) is 5.75 Å². The summed E-state index contributed by atoms with van der Waals surface area (Å²) in [6, 6.07) is 14.7. The van der Waals surface area contributed by atoms with Gasteiger partial charge in [0.2, 0.25) is 5.91 Å². The highest BCUT2D eigenvalue weighted by atomic mass is 16.5. The zero-order valence-corrected chi connectivity index (χ0v) is 13.8. The number of amides is 2. The Balaban J connectivity index is 1.74. The molecule has 24 heavy (non-hydrogen) atoms. The molecule has 0 heterocycles. The highest BCUT2D eigenvalue weighted by Gasteiger charge is 2.31. The molecule has 1 aliphatic rings. The van der Waals surface area contributed by atoms with E-state index in [1.165, 1.54) is 7.11 Å². The Morgan fingerprint density at radius 2 is 1.75 bits per heavy atom. The van der Waals surface area contributed by atoms with Crippen molar-refractivity contribution in [2.24, 2.45) is 0 Å². The van der Waals surface area contributed by atoms with E-state index >= 15 is 0 Å². The SMILES string of the molecule is COc1ccccc1C(=O)Nc1ccc(N(C(C)=O)C2CC2)cc1. The summed E-state index contributed by atoms with van der Waals surface area (Å²) in [7, 11) is 1.54. The second-order valence-electron chi connectivity index (χ2n) is 5.82. The lowest BCUT2D eigenvalue weighted by atomic mass is 10.1. The highest BCUT2D eigenvalue weighted by Crippen LogP contribution is 2.32. The molecule has 0 saturated heterocycles. The van der Waals surface area contributed by atoms with Gasteiger partial charge in [0.15, 0.2) is 0 Å². The molecule has 0 spiro atoms. The first-order chi connectivity index (χ1) is 11.6. The van der Waals surface area contributed by atoms with Crippen LogP contribution in [0.2, 0.25) is 0 Å². The number of para-hydroxylation sites is 1. The Hall–Kier alpha value is -2.82. The number of benzene rings is 2. The van der Waals surface area contributed by atoms with Crippen LogP contribution in [0.4, 0.5) is 11.4 Å². The highest BCUT2D eigenvalue weighted by molar-refractivity contribution is 6.06. The number of ether oxygens (including phenoxy) is 1. The molecule has 0 aliphatic heterocycles. The van der Waals surface area contributed by atoms with Crippen LogP contribution in [0.1, 0.15) is 30.1 Å². The van der Waals surface area contributed by atoms with E-state index in [0.717, 1.165) is 18.5 Å². The van der Waals surface area contributed by atoms with Gasteiger partial charge in [-0.2, -0.15) is 0 Å². The third-order valence-corrected chi connectivity index (χ3v) is 4.01. The molecule has 0 atom stereocenters. The Kier molecular flexibility index (Phi) is 4.51. The van der Waals surface area contributed by atoms with Crippen LogP contribution in [0.15, 0.2) is 48.5 Å². The minimum absolute atomic E-state index is 0.0447. The predicted molar refractivity (Wildman–Crippen MR) is 93.6 cm³/mol. The van der Waals surface area contributed by atoms with Crippen molar-refractivity contribution in [1.82, 2.24) is 0 Å². The zero-order chi connectivity index (χ0) is 17.1. The minimum Gasteiger partial charge on any atom is -0.496 e. The van der Waals surface area contributed by atoms with Crippen LogP contribution in [-0.4, -0.2) is 25.0 Å². The second-order valence-corrected chi connectivity index (χ2v) is 5.82. The maximum absolute atomic E-state index is 12.4. The van der Waals surface area contributed by atoms with E-state index in [4.69, 9.17) is 4.74 Å². The first-order valence-electron chi connectivity index (χ1n) is 7.94. The van der Waals surface area contributed by atoms with Gasteiger partial charge in [-0.3, -0.25) is 9.59 Å². The molecule has 1 fully saturated rings. The van der Waals surface area contributed by atoms with Crippen molar-refractivity contribution in [3.05, 3.63) is 54.1 Å². The van der Waals surface area contributed by atoms with Gasteiger partial charge < -0.3 is 15.0 Å². The number of hydrogen-bond acceptors (Lipinski definition) is 3. The van der Waals surface area contributed by atoms with Gasteiger partial charge in [0, 0.05) is 24.3 Å². The average Bonchev–Trinajstić information content (AvgIpc) is 3.41. The Bertz CT molecular complexity index is 751. The van der Waals surface area contributed by atoms with Gasteiger partial charge >= 0.3 is 0 Å². The average molecular weight is 324 g/mol. The monoisotopic (exact) mass is 324 g/mol. The fraction of sp³-hybridized carbons (Fsp3) is 0.263. The summed E-state index contributed by atoms with van der Waals surface area (Å²) in [6.45, 7) is 1.58. The van der Waals surface area contributed by atoms with Gasteiger partial charge in [0.25, 0.3) is 5.91 Å². The lowest BCUT2D eigenvalue weighted by molar-refractivity contribution is -0.116. The van der Waals surface area contributed by atoms with Crippen LogP contribution in [0.5, 0.6) is 5.75 Å². The van der Waals surface area contributed by atoms with Gasteiger partial charge in [-0.15, -0.1) is 0 Å². The van der Waals surface area contributed by atoms with Crippen molar-refractivity contribution >= 4 is 23.2 Å². The quantitative estimate of drug-likeness (QED) is 0.916. The molecule has 1 aliphatic carbocycles. The van der Waals surface area contributed by atoms with E-state index in [1.807, 2.05) is 23.1 Å². The smallest absolute Gasteiger partial charge is 0.259 e. The summed E-state index contributed by atoms with van der Waals surface area (Å²) in [6.07, 6.45) is 2.09. The van der Waals surface area contributed by atoms with E-state index in [2.05, 4.69) is 5.32 Å². The molecular weight excluding hydrogens is 304 g/mol. The fourth-order valence-corrected chi connectivity index (χ4v) is 2.72. The van der Waals surface area contributed by atoms with Crippen LogP contribution in [0.25, 0.3) is 0 Å². The molecule has 2 amide bonds. The van der Waals surface area contributed by atoms with Gasteiger partial charge in [0.05, 0.1) is 12.7 Å². The summed E-state index contributed by atoms with van der Waals surface area (Å²) in [4.78, 5) is 26.0. The van der Waals surface area contributed by atoms with E-state index in [9.17, 15) is 9.59 Å². The normalized spacial score (nSPS) is 13.2. The number of nitrogens with zero attached hydrogens (tertiary/aromatic N) is 1. The molecule has 5 heteroatoms. The molecular formula is C19H20N2O3. The molecule has 0 bridgehead atoms. The maximum Gasteiger partial charge on any atom is 0.259 e. The first kappa shape index (κ1) is 16.1. The zero-order valence-electron chi connectivity index (χ0n) is 13.8. The Labute approximate surface area is 141 Å². The van der Waals surface area contributed by atoms with Crippen LogP contribution < -0.4 is 15.0 Å². The third-order valence-electron chi connectivity index (χ3n) is 4.01. The fourth-order valence-electron chi connectivity index (χ4n) is 2.72. The van der Waals surface area contributed by atoms with Gasteiger partial charge in [-0.1, -0.05) is 12.1 Å². The molecule has 0 aromatic heterocycles. The van der Waals surface area contributed by atoms with Crippen molar-refractivity contribution < 1.29 is 14.3 Å². The molecule has 124 valence electrons. The summed E-state index contributed by atoms with van der Waals surface area (Å²) < 4.78 is 5.21. The van der Waals surface area contributed by atoms with Crippen LogP contribution in [0.3, 0.4) is 0 Å². The molecule has 0 unspecified atom stereocenters. The summed E-state index contributed by atoms with van der Waals surface area (Å²) in [5, 5.41) is 2.85. The Morgan fingerprint density at radius 3 is 2.33 bits per heavy atom. The van der Waals surface area contributed by atoms with E-state index in [1.54, 1.807) is 37.3 Å². The minimum atomic E-state index is -0.231. The first-order valence-corrected chi connectivity index (χ1v) is 7.94. The summed E-state index contributed by atoms with van der Waals surface area (Å²) >= 11 is 0. The summed E-state index contributed by atoms with van der Waals surface area (Å²) in [5.74, 6) is 0.345. The van der Waals surface area contributed by atoms with Crippen LogP contribution in [-0.2, 0) is 4.79 Å². The molecule has 5 nitrogen and oxygen atoms in total. The number of carbonyl (C=O) groups is 2. The van der Waals surface area contributed by atoms with E-state index in [0.29, 0.717) is 23.0 Å². The lowest BCUT2D eigenvalue weighted by Crippen LogP contribution is -2.30.